The lowest BCUT2D eigenvalue weighted by molar-refractivity contribution is -0.121. The van der Waals surface area contributed by atoms with Crippen LogP contribution in [0.2, 0.25) is 0 Å². The van der Waals surface area contributed by atoms with Crippen LogP contribution in [0.3, 0.4) is 0 Å². The first-order valence-electron chi connectivity index (χ1n) is 6.45. The van der Waals surface area contributed by atoms with Gasteiger partial charge in [0.15, 0.2) is 0 Å². The molecule has 6 heteroatoms. The first kappa shape index (κ1) is 14.9. The average molecular weight is 257 g/mol. The molecule has 3 N–H and O–H groups in total. The molecule has 0 atom stereocenters. The number of nitrogens with zero attached hydrogens (tertiary/aromatic N) is 1. The van der Waals surface area contributed by atoms with E-state index in [0.29, 0.717) is 38.4 Å². The van der Waals surface area contributed by atoms with Crippen molar-refractivity contribution in [3.63, 3.8) is 0 Å². The predicted molar refractivity (Wildman–Crippen MR) is 68.1 cm³/mol. The zero-order valence-corrected chi connectivity index (χ0v) is 11.1. The fourth-order valence-electron chi connectivity index (χ4n) is 1.79. The van der Waals surface area contributed by atoms with Gasteiger partial charge in [0, 0.05) is 19.6 Å². The highest BCUT2D eigenvalue weighted by molar-refractivity contribution is 5.95. The molecule has 0 aromatic rings. The highest BCUT2D eigenvalue weighted by Gasteiger charge is 2.19. The van der Waals surface area contributed by atoms with E-state index in [2.05, 4.69) is 10.6 Å². The van der Waals surface area contributed by atoms with Crippen LogP contribution in [0.4, 0.5) is 4.79 Å². The van der Waals surface area contributed by atoms with Crippen molar-refractivity contribution in [2.45, 2.75) is 32.8 Å². The van der Waals surface area contributed by atoms with E-state index in [1.54, 1.807) is 0 Å². The van der Waals surface area contributed by atoms with E-state index in [-0.39, 0.29) is 18.6 Å². The first-order chi connectivity index (χ1) is 8.47. The Morgan fingerprint density at radius 3 is 2.50 bits per heavy atom. The van der Waals surface area contributed by atoms with Crippen LogP contribution < -0.4 is 10.6 Å². The molecule has 1 rings (SSSR count). The minimum Gasteiger partial charge on any atom is -0.393 e. The number of nitrogens with one attached hydrogen (secondary N) is 2. The quantitative estimate of drug-likeness (QED) is 0.658. The fourth-order valence-corrected chi connectivity index (χ4v) is 1.79. The Morgan fingerprint density at radius 1 is 1.33 bits per heavy atom. The highest BCUT2D eigenvalue weighted by Crippen LogP contribution is 2.08. The average Bonchev–Trinajstić information content (AvgIpc) is 2.29. The normalized spacial score (nSPS) is 17.8. The Labute approximate surface area is 108 Å². The maximum Gasteiger partial charge on any atom is 0.321 e. The lowest BCUT2D eigenvalue weighted by atomic mass is 10.1. The van der Waals surface area contributed by atoms with Crippen molar-refractivity contribution in [3.8, 4) is 0 Å². The largest absolute Gasteiger partial charge is 0.393 e. The fraction of sp³-hybridized carbons (Fsp3) is 0.833. The zero-order chi connectivity index (χ0) is 13.5. The Balaban J connectivity index is 2.18. The van der Waals surface area contributed by atoms with Gasteiger partial charge in [-0.2, -0.15) is 0 Å². The van der Waals surface area contributed by atoms with Gasteiger partial charge >= 0.3 is 6.03 Å². The SMILES string of the molecule is CC(C)CNC(=O)NC(=O)CN1CCC(O)CC1. The van der Waals surface area contributed by atoms with Gasteiger partial charge in [-0.15, -0.1) is 0 Å². The third kappa shape index (κ3) is 5.97. The third-order valence-electron chi connectivity index (χ3n) is 2.85. The standard InChI is InChI=1S/C12H23N3O3/c1-9(2)7-13-12(18)14-11(17)8-15-5-3-10(16)4-6-15/h9-10,16H,3-8H2,1-2H3,(H2,13,14,17,18). The number of aliphatic hydroxyl groups excluding tert-OH is 1. The minimum absolute atomic E-state index is 0.210. The van der Waals surface area contributed by atoms with E-state index < -0.39 is 6.03 Å². The maximum atomic E-state index is 11.6. The van der Waals surface area contributed by atoms with Crippen molar-refractivity contribution in [1.82, 2.24) is 15.5 Å². The van der Waals surface area contributed by atoms with Gasteiger partial charge < -0.3 is 10.4 Å². The molecule has 1 saturated heterocycles. The Kier molecular flexibility index (Phi) is 6.07. The van der Waals surface area contributed by atoms with Gasteiger partial charge in [0.2, 0.25) is 5.91 Å². The van der Waals surface area contributed by atoms with Gasteiger partial charge in [-0.3, -0.25) is 15.0 Å². The summed E-state index contributed by atoms with van der Waals surface area (Å²) in [5.74, 6) is 0.0575. The first-order valence-corrected chi connectivity index (χ1v) is 6.45. The molecule has 1 fully saturated rings. The molecule has 0 aromatic carbocycles. The lowest BCUT2D eigenvalue weighted by Crippen LogP contribution is -2.47. The molecule has 18 heavy (non-hydrogen) atoms. The van der Waals surface area contributed by atoms with E-state index in [1.807, 2.05) is 18.7 Å². The van der Waals surface area contributed by atoms with Crippen molar-refractivity contribution in [2.75, 3.05) is 26.2 Å². The van der Waals surface area contributed by atoms with Gasteiger partial charge in [0.05, 0.1) is 12.6 Å². The van der Waals surface area contributed by atoms with Crippen LogP contribution in [0, 0.1) is 5.92 Å². The van der Waals surface area contributed by atoms with Gasteiger partial charge in [0.25, 0.3) is 0 Å². The van der Waals surface area contributed by atoms with Gasteiger partial charge in [-0.25, -0.2) is 4.79 Å². The molecule has 1 aliphatic heterocycles. The summed E-state index contributed by atoms with van der Waals surface area (Å²) in [6.07, 6.45) is 1.12. The second-order valence-electron chi connectivity index (χ2n) is 5.16. The molecule has 0 saturated carbocycles. The molecular weight excluding hydrogens is 234 g/mol. The topological polar surface area (TPSA) is 81.7 Å². The molecule has 0 spiro atoms. The number of imide groups is 1. The summed E-state index contributed by atoms with van der Waals surface area (Å²) in [6, 6.07) is -0.439. The van der Waals surface area contributed by atoms with Gasteiger partial charge in [-0.05, 0) is 18.8 Å². The molecule has 1 aliphatic rings. The number of amides is 3. The Morgan fingerprint density at radius 2 is 1.94 bits per heavy atom. The van der Waals surface area contributed by atoms with Crippen LogP contribution in [0.1, 0.15) is 26.7 Å². The number of carbonyl (C=O) groups is 2. The van der Waals surface area contributed by atoms with Crippen molar-refractivity contribution in [1.29, 1.82) is 0 Å². The summed E-state index contributed by atoms with van der Waals surface area (Å²) < 4.78 is 0. The summed E-state index contributed by atoms with van der Waals surface area (Å²) in [4.78, 5) is 24.9. The Hall–Kier alpha value is -1.14. The number of aliphatic hydroxyl groups is 1. The summed E-state index contributed by atoms with van der Waals surface area (Å²) in [7, 11) is 0. The van der Waals surface area contributed by atoms with Crippen molar-refractivity contribution in [2.24, 2.45) is 5.92 Å². The van der Waals surface area contributed by atoms with Crippen LogP contribution in [0.15, 0.2) is 0 Å². The number of piperidine rings is 1. The number of urea groups is 1. The number of carbonyl (C=O) groups excluding carboxylic acids is 2. The smallest absolute Gasteiger partial charge is 0.321 e. The minimum atomic E-state index is -0.439. The van der Waals surface area contributed by atoms with E-state index in [1.165, 1.54) is 0 Å². The van der Waals surface area contributed by atoms with E-state index >= 15 is 0 Å². The van der Waals surface area contributed by atoms with Crippen LogP contribution in [-0.2, 0) is 4.79 Å². The summed E-state index contributed by atoms with van der Waals surface area (Å²) >= 11 is 0. The molecule has 3 amide bonds. The van der Waals surface area contributed by atoms with Crippen LogP contribution in [0.25, 0.3) is 0 Å². The van der Waals surface area contributed by atoms with E-state index in [0.717, 1.165) is 0 Å². The van der Waals surface area contributed by atoms with Crippen molar-refractivity contribution in [3.05, 3.63) is 0 Å². The van der Waals surface area contributed by atoms with Gasteiger partial charge in [-0.1, -0.05) is 13.8 Å². The third-order valence-corrected chi connectivity index (χ3v) is 2.85. The summed E-state index contributed by atoms with van der Waals surface area (Å²) in [5, 5.41) is 14.3. The molecule has 1 heterocycles. The number of likely N-dealkylation sites (tertiary alicyclic amines) is 1. The molecular formula is C12H23N3O3. The van der Waals surface area contributed by atoms with Crippen molar-refractivity contribution >= 4 is 11.9 Å². The lowest BCUT2D eigenvalue weighted by Gasteiger charge is -2.28. The summed E-state index contributed by atoms with van der Waals surface area (Å²) in [6.45, 7) is 6.13. The van der Waals surface area contributed by atoms with E-state index in [4.69, 9.17) is 0 Å². The van der Waals surface area contributed by atoms with Gasteiger partial charge in [0.1, 0.15) is 0 Å². The molecule has 104 valence electrons. The number of hydrogen-bond donors (Lipinski definition) is 3. The molecule has 6 nitrogen and oxygen atoms in total. The predicted octanol–water partition coefficient (Wildman–Crippen LogP) is -0.0751. The van der Waals surface area contributed by atoms with E-state index in [9.17, 15) is 14.7 Å². The van der Waals surface area contributed by atoms with Crippen LogP contribution in [0.5, 0.6) is 0 Å². The molecule has 0 radical (unpaired) electrons. The maximum absolute atomic E-state index is 11.6. The number of rotatable bonds is 4. The second kappa shape index (κ2) is 7.33. The number of hydrogen-bond acceptors (Lipinski definition) is 4. The zero-order valence-electron chi connectivity index (χ0n) is 11.1. The van der Waals surface area contributed by atoms with Crippen molar-refractivity contribution < 1.29 is 14.7 Å². The Bertz CT molecular complexity index is 286. The molecule has 0 aromatic heterocycles. The second-order valence-corrected chi connectivity index (χ2v) is 5.16. The highest BCUT2D eigenvalue weighted by atomic mass is 16.3. The molecule has 0 aliphatic carbocycles. The van der Waals surface area contributed by atoms with Crippen LogP contribution in [-0.4, -0.2) is 54.2 Å². The monoisotopic (exact) mass is 257 g/mol. The molecule has 0 unspecified atom stereocenters. The summed E-state index contributed by atoms with van der Waals surface area (Å²) in [5.41, 5.74) is 0. The molecule has 0 bridgehead atoms. The van der Waals surface area contributed by atoms with Crippen LogP contribution >= 0.6 is 0 Å².